The van der Waals surface area contributed by atoms with E-state index in [1.54, 1.807) is 6.07 Å². The van der Waals surface area contributed by atoms with Gasteiger partial charge in [-0.05, 0) is 49.8 Å². The van der Waals surface area contributed by atoms with Gasteiger partial charge in [0, 0.05) is 12.6 Å². The van der Waals surface area contributed by atoms with E-state index in [2.05, 4.69) is 0 Å². The van der Waals surface area contributed by atoms with Gasteiger partial charge in [-0.25, -0.2) is 0 Å². The number of hydrogen-bond acceptors (Lipinski definition) is 2. The molecule has 0 bridgehead atoms. The van der Waals surface area contributed by atoms with Crippen molar-refractivity contribution in [1.82, 2.24) is 4.90 Å². The van der Waals surface area contributed by atoms with Crippen LogP contribution >= 0.6 is 11.6 Å². The molecule has 1 aliphatic carbocycles. The zero-order chi connectivity index (χ0) is 14.1. The third-order valence-electron chi connectivity index (χ3n) is 4.68. The van der Waals surface area contributed by atoms with Crippen LogP contribution in [0.5, 0.6) is 5.75 Å². The van der Waals surface area contributed by atoms with Gasteiger partial charge in [-0.2, -0.15) is 0 Å². The summed E-state index contributed by atoms with van der Waals surface area (Å²) in [6.07, 6.45) is 7.15. The SMILES string of the molecule is O=C(c1cc(O)ccc1Cl)N1CCCC2CCCCC21. The number of carbonyl (C=O) groups excluding carboxylic acids is 1. The molecule has 0 spiro atoms. The lowest BCUT2D eigenvalue weighted by Crippen LogP contribution is -2.49. The fourth-order valence-corrected chi connectivity index (χ4v) is 3.91. The van der Waals surface area contributed by atoms with Gasteiger partial charge >= 0.3 is 0 Å². The maximum atomic E-state index is 12.8. The molecule has 108 valence electrons. The molecule has 1 saturated carbocycles. The van der Waals surface area contributed by atoms with Gasteiger partial charge in [0.05, 0.1) is 10.6 Å². The van der Waals surface area contributed by atoms with Crippen molar-refractivity contribution in [2.75, 3.05) is 6.54 Å². The standard InChI is InChI=1S/C16H20ClNO2/c17-14-8-7-12(19)10-13(14)16(20)18-9-3-5-11-4-1-2-6-15(11)18/h7-8,10-11,15,19H,1-6,9H2. The normalized spacial score (nSPS) is 26.1. The van der Waals surface area contributed by atoms with Crippen LogP contribution in [0.1, 0.15) is 48.9 Å². The van der Waals surface area contributed by atoms with Gasteiger partial charge in [0.15, 0.2) is 0 Å². The summed E-state index contributed by atoms with van der Waals surface area (Å²) in [5.74, 6) is 0.718. The number of rotatable bonds is 1. The third kappa shape index (κ3) is 2.51. The number of carbonyl (C=O) groups is 1. The van der Waals surface area contributed by atoms with Crippen LogP contribution in [0, 0.1) is 5.92 Å². The minimum Gasteiger partial charge on any atom is -0.508 e. The number of phenols is 1. The highest BCUT2D eigenvalue weighted by atomic mass is 35.5. The number of phenolic OH excluding ortho intramolecular Hbond substituents is 1. The Balaban J connectivity index is 1.87. The van der Waals surface area contributed by atoms with Crippen molar-refractivity contribution >= 4 is 17.5 Å². The van der Waals surface area contributed by atoms with Gasteiger partial charge in [0.2, 0.25) is 0 Å². The predicted molar refractivity (Wildman–Crippen MR) is 79.1 cm³/mol. The Labute approximate surface area is 124 Å². The van der Waals surface area contributed by atoms with Crippen LogP contribution in [0.3, 0.4) is 0 Å². The van der Waals surface area contributed by atoms with Gasteiger partial charge in [0.1, 0.15) is 5.75 Å². The van der Waals surface area contributed by atoms with Gasteiger partial charge in [-0.15, -0.1) is 0 Å². The monoisotopic (exact) mass is 293 g/mol. The molecule has 1 aromatic rings. The van der Waals surface area contributed by atoms with Crippen LogP contribution in [0.25, 0.3) is 0 Å². The van der Waals surface area contributed by atoms with Crippen LogP contribution in [-0.4, -0.2) is 28.5 Å². The lowest BCUT2D eigenvalue weighted by molar-refractivity contribution is 0.0390. The van der Waals surface area contributed by atoms with E-state index in [-0.39, 0.29) is 11.7 Å². The van der Waals surface area contributed by atoms with E-state index in [1.807, 2.05) is 4.90 Å². The molecule has 1 saturated heterocycles. The largest absolute Gasteiger partial charge is 0.508 e. The highest BCUT2D eigenvalue weighted by Crippen LogP contribution is 2.36. The molecule has 3 rings (SSSR count). The molecule has 2 fully saturated rings. The Morgan fingerprint density at radius 1 is 1.20 bits per heavy atom. The van der Waals surface area contributed by atoms with Crippen LogP contribution in [0.2, 0.25) is 5.02 Å². The van der Waals surface area contributed by atoms with E-state index in [4.69, 9.17) is 11.6 Å². The average Bonchev–Trinajstić information content (AvgIpc) is 2.48. The van der Waals surface area contributed by atoms with Crippen LogP contribution < -0.4 is 0 Å². The van der Waals surface area contributed by atoms with Gasteiger partial charge < -0.3 is 10.0 Å². The number of nitrogens with zero attached hydrogens (tertiary/aromatic N) is 1. The van der Waals surface area contributed by atoms with Crippen molar-refractivity contribution in [3.8, 4) is 5.75 Å². The third-order valence-corrected chi connectivity index (χ3v) is 5.01. The zero-order valence-corrected chi connectivity index (χ0v) is 12.3. The van der Waals surface area contributed by atoms with Gasteiger partial charge in [-0.3, -0.25) is 4.79 Å². The lowest BCUT2D eigenvalue weighted by Gasteiger charge is -2.44. The second-order valence-electron chi connectivity index (χ2n) is 5.92. The number of fused-ring (bicyclic) bond motifs is 1. The molecule has 4 heteroatoms. The molecule has 1 aromatic carbocycles. The molecular weight excluding hydrogens is 274 g/mol. The summed E-state index contributed by atoms with van der Waals surface area (Å²) in [4.78, 5) is 14.8. The topological polar surface area (TPSA) is 40.5 Å². The first-order valence-corrected chi connectivity index (χ1v) is 7.84. The molecule has 1 heterocycles. The number of benzene rings is 1. The fourth-order valence-electron chi connectivity index (χ4n) is 3.71. The maximum Gasteiger partial charge on any atom is 0.255 e. The Kier molecular flexibility index (Phi) is 3.88. The summed E-state index contributed by atoms with van der Waals surface area (Å²) in [7, 11) is 0. The second kappa shape index (κ2) is 5.65. The van der Waals surface area contributed by atoms with E-state index in [0.29, 0.717) is 22.5 Å². The summed E-state index contributed by atoms with van der Waals surface area (Å²) in [5, 5.41) is 10.0. The van der Waals surface area contributed by atoms with Crippen molar-refractivity contribution < 1.29 is 9.90 Å². The molecule has 2 aliphatic rings. The first kappa shape index (κ1) is 13.7. The smallest absolute Gasteiger partial charge is 0.255 e. The van der Waals surface area contributed by atoms with Crippen molar-refractivity contribution in [3.63, 3.8) is 0 Å². The van der Waals surface area contributed by atoms with E-state index < -0.39 is 0 Å². The number of hydrogen-bond donors (Lipinski definition) is 1. The minimum atomic E-state index is -0.0255. The highest BCUT2D eigenvalue weighted by molar-refractivity contribution is 6.33. The van der Waals surface area contributed by atoms with Gasteiger partial charge in [-0.1, -0.05) is 24.4 Å². The molecule has 2 atom stereocenters. The molecule has 0 radical (unpaired) electrons. The Morgan fingerprint density at radius 2 is 1.95 bits per heavy atom. The van der Waals surface area contributed by atoms with E-state index in [0.717, 1.165) is 19.4 Å². The predicted octanol–water partition coefficient (Wildman–Crippen LogP) is 3.84. The van der Waals surface area contributed by atoms with Crippen molar-refractivity contribution in [3.05, 3.63) is 28.8 Å². The first-order chi connectivity index (χ1) is 9.66. The highest BCUT2D eigenvalue weighted by Gasteiger charge is 2.36. The molecule has 0 aromatic heterocycles. The fraction of sp³-hybridized carbons (Fsp3) is 0.562. The van der Waals surface area contributed by atoms with E-state index in [9.17, 15) is 9.90 Å². The lowest BCUT2D eigenvalue weighted by atomic mass is 9.78. The molecule has 20 heavy (non-hydrogen) atoms. The summed E-state index contributed by atoms with van der Waals surface area (Å²) in [6.45, 7) is 0.811. The van der Waals surface area contributed by atoms with Crippen LogP contribution in [0.4, 0.5) is 0 Å². The van der Waals surface area contributed by atoms with E-state index in [1.165, 1.54) is 37.8 Å². The van der Waals surface area contributed by atoms with Crippen molar-refractivity contribution in [2.24, 2.45) is 5.92 Å². The molecule has 3 nitrogen and oxygen atoms in total. The summed E-state index contributed by atoms with van der Waals surface area (Å²) in [6, 6.07) is 4.95. The number of piperidine rings is 1. The number of aromatic hydroxyl groups is 1. The first-order valence-electron chi connectivity index (χ1n) is 7.46. The quantitative estimate of drug-likeness (QED) is 0.854. The van der Waals surface area contributed by atoms with E-state index >= 15 is 0 Å². The maximum absolute atomic E-state index is 12.8. The second-order valence-corrected chi connectivity index (χ2v) is 6.32. The molecule has 2 unspecified atom stereocenters. The van der Waals surface area contributed by atoms with Crippen molar-refractivity contribution in [1.29, 1.82) is 0 Å². The molecule has 1 amide bonds. The van der Waals surface area contributed by atoms with Crippen LogP contribution in [0.15, 0.2) is 18.2 Å². The average molecular weight is 294 g/mol. The number of amides is 1. The van der Waals surface area contributed by atoms with Gasteiger partial charge in [0.25, 0.3) is 5.91 Å². The molecule has 1 N–H and O–H groups in total. The Morgan fingerprint density at radius 3 is 2.80 bits per heavy atom. The summed E-state index contributed by atoms with van der Waals surface area (Å²) < 4.78 is 0. The van der Waals surface area contributed by atoms with Crippen molar-refractivity contribution in [2.45, 2.75) is 44.6 Å². The minimum absolute atomic E-state index is 0.0255. The zero-order valence-electron chi connectivity index (χ0n) is 11.5. The molecule has 1 aliphatic heterocycles. The molecular formula is C16H20ClNO2. The summed E-state index contributed by atoms with van der Waals surface area (Å²) >= 11 is 6.13. The number of likely N-dealkylation sites (tertiary alicyclic amines) is 1. The Hall–Kier alpha value is -1.22. The summed E-state index contributed by atoms with van der Waals surface area (Å²) in [5.41, 5.74) is 0.429. The number of halogens is 1. The van der Waals surface area contributed by atoms with Crippen LogP contribution in [-0.2, 0) is 0 Å². The Bertz CT molecular complexity index is 515.